The second-order valence-corrected chi connectivity index (χ2v) is 24.3. The highest BCUT2D eigenvalue weighted by molar-refractivity contribution is 7.90. The van der Waals surface area contributed by atoms with Crippen molar-refractivity contribution in [2.75, 3.05) is 29.1 Å². The number of thiazole rings is 1. The standard InChI is InChI=1S/C57H65N11O8S2/c1-6-36-19-21-37(22-20-36)30-59-52(72)46-29-40(69)33-67(46)55(74)50(57(3,4)5)63-48(70)18-12-28-78(75,76)65-53(73)49-41(43-31-60-68(35(43)2)32-38-13-8-7-9-14-38)23-24-47(62-49)66-27-25-39-15-10-16-42(44(39)34-66)51(71)64-56-61-45-17-11-26-58-54(45)77-56/h1,10-11,15-17,19-24,26,31,38,40,46,50,69H,7-9,12-14,18,25,27-30,32-34H2,2-5H3,(H,59,72)(H,63,70)(H,65,73)(H,61,64,71)/t40-,46+,50-/m1/s1. The maximum atomic E-state index is 14.5. The maximum absolute atomic E-state index is 14.5. The first-order valence-electron chi connectivity index (χ1n) is 26.4. The number of carbonyl (C=O) groups is 5. The lowest BCUT2D eigenvalue weighted by Crippen LogP contribution is -2.57. The van der Waals surface area contributed by atoms with E-state index in [2.05, 4.69) is 36.6 Å². The van der Waals surface area contributed by atoms with E-state index in [-0.39, 0.29) is 50.5 Å². The Bertz CT molecular complexity index is 3360. The van der Waals surface area contributed by atoms with Crippen LogP contribution in [0.1, 0.15) is 121 Å². The number of nitrogens with one attached hydrogen (secondary N) is 4. The summed E-state index contributed by atoms with van der Waals surface area (Å²) in [5, 5.41) is 24.3. The highest BCUT2D eigenvalue weighted by atomic mass is 32.2. The Morgan fingerprint density at radius 3 is 2.47 bits per heavy atom. The van der Waals surface area contributed by atoms with Crippen molar-refractivity contribution in [3.05, 3.63) is 118 Å². The number of likely N-dealkylation sites (tertiary alicyclic amines) is 1. The van der Waals surface area contributed by atoms with Gasteiger partial charge in [0.1, 0.15) is 33.9 Å². The van der Waals surface area contributed by atoms with Crippen LogP contribution in [0.25, 0.3) is 21.5 Å². The second-order valence-electron chi connectivity index (χ2n) is 21.5. The zero-order valence-corrected chi connectivity index (χ0v) is 45.9. The molecule has 3 aliphatic rings. The molecule has 0 radical (unpaired) electrons. The smallest absolute Gasteiger partial charge is 0.284 e. The summed E-state index contributed by atoms with van der Waals surface area (Å²) in [7, 11) is -4.38. The quantitative estimate of drug-likeness (QED) is 0.0632. The van der Waals surface area contributed by atoms with Crippen molar-refractivity contribution < 1.29 is 37.5 Å². The number of anilines is 2. The lowest BCUT2D eigenvalue weighted by molar-refractivity contribution is -0.144. The number of pyridine rings is 2. The molecule has 1 aliphatic carbocycles. The van der Waals surface area contributed by atoms with E-state index >= 15 is 0 Å². The third-order valence-corrected chi connectivity index (χ3v) is 17.0. The maximum Gasteiger partial charge on any atom is 0.284 e. The lowest BCUT2D eigenvalue weighted by Gasteiger charge is -2.35. The van der Waals surface area contributed by atoms with E-state index in [4.69, 9.17) is 16.5 Å². The number of terminal acetylenes is 1. The van der Waals surface area contributed by atoms with Crippen molar-refractivity contribution >= 4 is 72.2 Å². The van der Waals surface area contributed by atoms with Crippen LogP contribution in [0.4, 0.5) is 10.9 Å². The number of hydrogen-bond donors (Lipinski definition) is 5. The number of aliphatic hydroxyl groups is 1. The Balaban J connectivity index is 0.885. The number of nitrogens with zero attached hydrogens (tertiary/aromatic N) is 7. The van der Waals surface area contributed by atoms with Crippen molar-refractivity contribution in [3.8, 4) is 23.5 Å². The Hall–Kier alpha value is -7.54. The number of amides is 5. The summed E-state index contributed by atoms with van der Waals surface area (Å²) in [4.78, 5) is 87.2. The molecule has 2 aliphatic heterocycles. The number of rotatable bonds is 17. The van der Waals surface area contributed by atoms with E-state index in [1.165, 1.54) is 22.7 Å². The van der Waals surface area contributed by atoms with Crippen LogP contribution in [-0.4, -0.2) is 110 Å². The molecule has 0 bridgehead atoms. The normalized spacial score (nSPS) is 17.2. The number of carbonyl (C=O) groups excluding carboxylic acids is 5. The number of fused-ring (bicyclic) bond motifs is 2. The fourth-order valence-electron chi connectivity index (χ4n) is 10.5. The van der Waals surface area contributed by atoms with Gasteiger partial charge in [0.05, 0.1) is 18.1 Å². The largest absolute Gasteiger partial charge is 0.391 e. The third-order valence-electron chi connectivity index (χ3n) is 14.8. The number of aliphatic hydroxyl groups excluding tert-OH is 1. The number of β-amino-alcohol motifs (C(OH)–C–C–N with tert-alkyl or cyclic N) is 1. The van der Waals surface area contributed by atoms with Crippen molar-refractivity contribution in [1.29, 1.82) is 0 Å². The van der Waals surface area contributed by atoms with Crippen LogP contribution in [0.2, 0.25) is 0 Å². The zero-order valence-electron chi connectivity index (χ0n) is 44.3. The first-order chi connectivity index (χ1) is 37.3. The molecule has 6 aromatic rings. The van der Waals surface area contributed by atoms with Gasteiger partial charge in [0.25, 0.3) is 11.8 Å². The molecule has 78 heavy (non-hydrogen) atoms. The Morgan fingerprint density at radius 1 is 0.949 bits per heavy atom. The first kappa shape index (κ1) is 55.2. The molecule has 5 N–H and O–H groups in total. The minimum Gasteiger partial charge on any atom is -0.391 e. The summed E-state index contributed by atoms with van der Waals surface area (Å²) in [6.45, 7) is 8.71. The van der Waals surface area contributed by atoms with E-state index in [0.717, 1.165) is 48.1 Å². The fraction of sp³-hybridized carbons (Fsp3) is 0.421. The van der Waals surface area contributed by atoms with Gasteiger partial charge >= 0.3 is 0 Å². The molecule has 5 amide bonds. The summed E-state index contributed by atoms with van der Waals surface area (Å²) in [5.41, 5.74) is 5.21. The SMILES string of the molecule is C#Cc1ccc(CNC(=O)[C@@H]2C[C@@H](O)CN2C(=O)[C@@H](NC(=O)CCCS(=O)(=O)NC(=O)c2nc(N3CCc4cccc(C(=O)Nc5nc6cccnc6s5)c4C3)ccc2-c2cnn(CC3CCCCC3)c2C)C(C)(C)C)cc1. The van der Waals surface area contributed by atoms with E-state index < -0.39 is 63.0 Å². The predicted octanol–water partition coefficient (Wildman–Crippen LogP) is 6.28. The molecule has 2 fully saturated rings. The Labute approximate surface area is 458 Å². The molecule has 408 valence electrons. The van der Waals surface area contributed by atoms with Crippen LogP contribution in [-0.2, 0) is 50.5 Å². The molecule has 2 aromatic carbocycles. The third kappa shape index (κ3) is 12.9. The molecule has 0 unspecified atom stereocenters. The van der Waals surface area contributed by atoms with Gasteiger partial charge in [-0.2, -0.15) is 5.10 Å². The average molecular weight is 1100 g/mol. The van der Waals surface area contributed by atoms with Crippen LogP contribution in [0, 0.1) is 30.6 Å². The summed E-state index contributed by atoms with van der Waals surface area (Å²) in [6, 6.07) is 17.7. The monoisotopic (exact) mass is 1100 g/mol. The van der Waals surface area contributed by atoms with Gasteiger partial charge in [0, 0.05) is 79.7 Å². The van der Waals surface area contributed by atoms with Gasteiger partial charge in [0.15, 0.2) is 5.13 Å². The van der Waals surface area contributed by atoms with Crippen LogP contribution < -0.4 is 25.6 Å². The Morgan fingerprint density at radius 2 is 1.73 bits per heavy atom. The average Bonchev–Trinajstić information content (AvgIpc) is 4.15. The number of aromatic nitrogens is 5. The minimum absolute atomic E-state index is 0.00619. The van der Waals surface area contributed by atoms with Gasteiger partial charge in [-0.05, 0) is 103 Å². The van der Waals surface area contributed by atoms with Gasteiger partial charge in [0.2, 0.25) is 27.7 Å². The number of sulfonamides is 1. The minimum atomic E-state index is -4.38. The molecule has 21 heteroatoms. The zero-order chi connectivity index (χ0) is 55.3. The van der Waals surface area contributed by atoms with Gasteiger partial charge in [-0.15, -0.1) is 6.42 Å². The van der Waals surface area contributed by atoms with Crippen LogP contribution in [0.5, 0.6) is 0 Å². The topological polar surface area (TPSA) is 251 Å². The molecule has 4 aromatic heterocycles. The molecule has 9 rings (SSSR count). The van der Waals surface area contributed by atoms with E-state index in [1.807, 2.05) is 34.7 Å². The molecule has 1 saturated carbocycles. The highest BCUT2D eigenvalue weighted by Crippen LogP contribution is 2.34. The lowest BCUT2D eigenvalue weighted by atomic mass is 9.85. The van der Waals surface area contributed by atoms with E-state index in [0.29, 0.717) is 69.0 Å². The predicted molar refractivity (Wildman–Crippen MR) is 298 cm³/mol. The summed E-state index contributed by atoms with van der Waals surface area (Å²) in [6.07, 6.45) is 13.6. The summed E-state index contributed by atoms with van der Waals surface area (Å²) in [5.74, 6) is -0.147. The van der Waals surface area contributed by atoms with E-state index in [1.54, 1.807) is 81.7 Å². The number of hydrogen-bond acceptors (Lipinski definition) is 14. The molecular formula is C57H65N11O8S2. The van der Waals surface area contributed by atoms with Crippen LogP contribution >= 0.6 is 11.3 Å². The molecule has 1 saturated heterocycles. The molecule has 6 heterocycles. The van der Waals surface area contributed by atoms with E-state index in [9.17, 15) is 37.5 Å². The molecular weight excluding hydrogens is 1030 g/mol. The van der Waals surface area contributed by atoms with Crippen LogP contribution in [0.15, 0.2) is 79.1 Å². The van der Waals surface area contributed by atoms with Gasteiger partial charge in [-0.1, -0.05) is 81.6 Å². The second kappa shape index (κ2) is 23.6. The summed E-state index contributed by atoms with van der Waals surface area (Å²) >= 11 is 1.28. The van der Waals surface area contributed by atoms with Crippen LogP contribution in [0.3, 0.4) is 0 Å². The molecule has 0 spiro atoms. The summed E-state index contributed by atoms with van der Waals surface area (Å²) < 4.78 is 31.8. The van der Waals surface area contributed by atoms with Gasteiger partial charge < -0.3 is 25.5 Å². The fourth-order valence-corrected chi connectivity index (χ4v) is 12.4. The van der Waals surface area contributed by atoms with Crippen molar-refractivity contribution in [3.63, 3.8) is 0 Å². The number of benzene rings is 2. The first-order valence-corrected chi connectivity index (χ1v) is 28.9. The van der Waals surface area contributed by atoms with Crippen molar-refractivity contribution in [2.24, 2.45) is 11.3 Å². The molecule has 3 atom stereocenters. The van der Waals surface area contributed by atoms with Crippen molar-refractivity contribution in [1.82, 2.24) is 45.0 Å². The highest BCUT2D eigenvalue weighted by Gasteiger charge is 2.44. The Kier molecular flexibility index (Phi) is 16.7. The van der Waals surface area contributed by atoms with Gasteiger partial charge in [-0.3, -0.25) is 34.0 Å². The van der Waals surface area contributed by atoms with Gasteiger partial charge in [-0.25, -0.2) is 28.1 Å². The molecule has 19 nitrogen and oxygen atoms in total. The van der Waals surface area contributed by atoms with Crippen molar-refractivity contribution in [2.45, 2.75) is 123 Å².